The van der Waals surface area contributed by atoms with E-state index >= 15 is 0 Å². The van der Waals surface area contributed by atoms with E-state index in [4.69, 9.17) is 15.0 Å². The van der Waals surface area contributed by atoms with Crippen molar-refractivity contribution in [3.05, 3.63) is 176 Å². The summed E-state index contributed by atoms with van der Waals surface area (Å²) in [5, 5.41) is 2.36. The quantitative estimate of drug-likeness (QED) is 0.181. The maximum atomic E-state index is 5.10. The summed E-state index contributed by atoms with van der Waals surface area (Å²) in [4.78, 5) is 15.1. The Balaban J connectivity index is 1.27. The highest BCUT2D eigenvalue weighted by Crippen LogP contribution is 2.43. The summed E-state index contributed by atoms with van der Waals surface area (Å²) in [5.41, 5.74) is 10.1. The minimum atomic E-state index is 0.659. The van der Waals surface area contributed by atoms with Crippen LogP contribution in [0.15, 0.2) is 176 Å². The fraction of sp³-hybridized carbons (Fsp3) is 0. The molecule has 0 amide bonds. The van der Waals surface area contributed by atoms with Crippen LogP contribution >= 0.6 is 11.3 Å². The predicted octanol–water partition coefficient (Wildman–Crippen LogP) is 12.2. The van der Waals surface area contributed by atoms with Crippen LogP contribution in [0, 0.1) is 0 Å². The lowest BCUT2D eigenvalue weighted by molar-refractivity contribution is 1.08. The summed E-state index contributed by atoms with van der Waals surface area (Å²) in [6, 6.07) is 61.7. The van der Waals surface area contributed by atoms with E-state index in [-0.39, 0.29) is 0 Å². The largest absolute Gasteiger partial charge is 0.208 e. The predicted molar refractivity (Wildman–Crippen MR) is 205 cm³/mol. The zero-order valence-electron chi connectivity index (χ0n) is 26.5. The standard InChI is InChI=1S/C45H29N3S/c1-5-14-30(15-6-1)34-24-26-36(31-16-7-2-8-17-31)38(28-34)35-25-27-40-39(29-35)42-37(22-13-23-41(42)49-40)45-47-43(32-18-9-3-10-19-32)46-44(48-45)33-20-11-4-12-21-33/h1-29H. The smallest absolute Gasteiger partial charge is 0.164 e. The summed E-state index contributed by atoms with van der Waals surface area (Å²) in [7, 11) is 0. The lowest BCUT2D eigenvalue weighted by Gasteiger charge is -2.14. The highest BCUT2D eigenvalue weighted by atomic mass is 32.1. The van der Waals surface area contributed by atoms with E-state index in [9.17, 15) is 0 Å². The van der Waals surface area contributed by atoms with E-state index in [1.165, 1.54) is 48.2 Å². The maximum Gasteiger partial charge on any atom is 0.164 e. The van der Waals surface area contributed by atoms with Gasteiger partial charge in [-0.25, -0.2) is 15.0 Å². The summed E-state index contributed by atoms with van der Waals surface area (Å²) in [5.74, 6) is 1.98. The van der Waals surface area contributed by atoms with Gasteiger partial charge in [0, 0.05) is 36.9 Å². The molecule has 0 bridgehead atoms. The van der Waals surface area contributed by atoms with Crippen molar-refractivity contribution < 1.29 is 0 Å². The highest BCUT2D eigenvalue weighted by molar-refractivity contribution is 7.26. The van der Waals surface area contributed by atoms with Gasteiger partial charge in [-0.05, 0) is 57.6 Å². The minimum Gasteiger partial charge on any atom is -0.208 e. The number of nitrogens with zero attached hydrogens (tertiary/aromatic N) is 3. The molecule has 7 aromatic carbocycles. The second-order valence-corrected chi connectivity index (χ2v) is 13.1. The number of aromatic nitrogens is 3. The Morgan fingerprint density at radius 2 is 0.857 bits per heavy atom. The normalized spacial score (nSPS) is 11.3. The fourth-order valence-corrected chi connectivity index (χ4v) is 7.68. The zero-order chi connectivity index (χ0) is 32.6. The molecule has 2 aromatic heterocycles. The van der Waals surface area contributed by atoms with Crippen molar-refractivity contribution >= 4 is 31.5 Å². The van der Waals surface area contributed by atoms with E-state index in [0.29, 0.717) is 17.5 Å². The van der Waals surface area contributed by atoms with Crippen LogP contribution in [0.25, 0.3) is 87.7 Å². The zero-order valence-corrected chi connectivity index (χ0v) is 27.3. The third kappa shape index (κ3) is 5.48. The summed E-state index contributed by atoms with van der Waals surface area (Å²) in [6.45, 7) is 0. The molecule has 9 aromatic rings. The van der Waals surface area contributed by atoms with Crippen molar-refractivity contribution in [2.45, 2.75) is 0 Å². The first-order chi connectivity index (χ1) is 24.3. The monoisotopic (exact) mass is 643 g/mol. The molecule has 0 N–H and O–H groups in total. The van der Waals surface area contributed by atoms with Gasteiger partial charge in [0.15, 0.2) is 17.5 Å². The Morgan fingerprint density at radius 3 is 1.49 bits per heavy atom. The molecule has 4 heteroatoms. The molecule has 0 aliphatic rings. The number of hydrogen-bond acceptors (Lipinski definition) is 4. The summed E-state index contributed by atoms with van der Waals surface area (Å²) < 4.78 is 2.43. The Labute approximate surface area is 288 Å². The first kappa shape index (κ1) is 29.0. The SMILES string of the molecule is c1ccc(-c2ccc(-c3ccccc3)c(-c3ccc4sc5cccc(-c6nc(-c7ccccc7)nc(-c7ccccc7)n6)c5c4c3)c2)cc1. The van der Waals surface area contributed by atoms with Crippen LogP contribution in [-0.4, -0.2) is 15.0 Å². The topological polar surface area (TPSA) is 38.7 Å². The lowest BCUT2D eigenvalue weighted by atomic mass is 9.90. The van der Waals surface area contributed by atoms with Crippen LogP contribution in [0.4, 0.5) is 0 Å². The van der Waals surface area contributed by atoms with Crippen molar-refractivity contribution in [1.82, 2.24) is 15.0 Å². The van der Waals surface area contributed by atoms with Gasteiger partial charge in [0.05, 0.1) is 0 Å². The second-order valence-electron chi connectivity index (χ2n) is 12.0. The average molecular weight is 644 g/mol. The van der Waals surface area contributed by atoms with Gasteiger partial charge in [0.2, 0.25) is 0 Å². The molecule has 0 aliphatic carbocycles. The molecule has 49 heavy (non-hydrogen) atoms. The molecule has 230 valence electrons. The van der Waals surface area contributed by atoms with Crippen LogP contribution in [0.5, 0.6) is 0 Å². The molecule has 0 saturated heterocycles. The van der Waals surface area contributed by atoms with Crippen molar-refractivity contribution in [2.24, 2.45) is 0 Å². The van der Waals surface area contributed by atoms with Crippen LogP contribution in [0.2, 0.25) is 0 Å². The van der Waals surface area contributed by atoms with Gasteiger partial charge in [-0.3, -0.25) is 0 Å². The number of fused-ring (bicyclic) bond motifs is 3. The van der Waals surface area contributed by atoms with Crippen molar-refractivity contribution in [3.8, 4) is 67.5 Å². The maximum absolute atomic E-state index is 5.10. The molecule has 0 atom stereocenters. The summed E-state index contributed by atoms with van der Waals surface area (Å²) in [6.07, 6.45) is 0. The van der Waals surface area contributed by atoms with Crippen LogP contribution in [0.3, 0.4) is 0 Å². The molecule has 9 rings (SSSR count). The number of rotatable bonds is 6. The van der Waals surface area contributed by atoms with Gasteiger partial charge in [-0.1, -0.05) is 152 Å². The molecule has 3 nitrogen and oxygen atoms in total. The van der Waals surface area contributed by atoms with Gasteiger partial charge in [0.1, 0.15) is 0 Å². The van der Waals surface area contributed by atoms with Gasteiger partial charge in [0.25, 0.3) is 0 Å². The first-order valence-electron chi connectivity index (χ1n) is 16.4. The van der Waals surface area contributed by atoms with Gasteiger partial charge < -0.3 is 0 Å². The van der Waals surface area contributed by atoms with E-state index in [2.05, 4.69) is 140 Å². The second kappa shape index (κ2) is 12.4. The van der Waals surface area contributed by atoms with E-state index < -0.39 is 0 Å². The van der Waals surface area contributed by atoms with Crippen molar-refractivity contribution in [1.29, 1.82) is 0 Å². The Morgan fingerprint density at radius 1 is 0.306 bits per heavy atom. The molecule has 0 unspecified atom stereocenters. The van der Waals surface area contributed by atoms with E-state index in [0.717, 1.165) is 22.1 Å². The Kier molecular flexibility index (Phi) is 7.34. The minimum absolute atomic E-state index is 0.659. The molecule has 0 spiro atoms. The molecule has 0 radical (unpaired) electrons. The molecular formula is C45H29N3S. The third-order valence-electron chi connectivity index (χ3n) is 8.96. The molecule has 0 fully saturated rings. The third-order valence-corrected chi connectivity index (χ3v) is 10.1. The molecule has 0 aliphatic heterocycles. The lowest BCUT2D eigenvalue weighted by Crippen LogP contribution is -2.00. The van der Waals surface area contributed by atoms with Crippen molar-refractivity contribution in [2.75, 3.05) is 0 Å². The molecule has 2 heterocycles. The van der Waals surface area contributed by atoms with Crippen molar-refractivity contribution in [3.63, 3.8) is 0 Å². The van der Waals surface area contributed by atoms with Gasteiger partial charge >= 0.3 is 0 Å². The van der Waals surface area contributed by atoms with Crippen LogP contribution in [-0.2, 0) is 0 Å². The molecule has 0 saturated carbocycles. The number of hydrogen-bond donors (Lipinski definition) is 0. The van der Waals surface area contributed by atoms with Gasteiger partial charge in [-0.15, -0.1) is 11.3 Å². The van der Waals surface area contributed by atoms with Crippen LogP contribution < -0.4 is 0 Å². The summed E-state index contributed by atoms with van der Waals surface area (Å²) >= 11 is 1.80. The Bertz CT molecular complexity index is 2520. The van der Waals surface area contributed by atoms with Crippen LogP contribution in [0.1, 0.15) is 0 Å². The molecular weight excluding hydrogens is 615 g/mol. The van der Waals surface area contributed by atoms with E-state index in [1.807, 2.05) is 36.4 Å². The Hall–Kier alpha value is -6.23. The number of benzene rings is 7. The van der Waals surface area contributed by atoms with E-state index in [1.54, 1.807) is 11.3 Å². The number of thiophene rings is 1. The van der Waals surface area contributed by atoms with Gasteiger partial charge in [-0.2, -0.15) is 0 Å². The fourth-order valence-electron chi connectivity index (χ4n) is 6.57. The first-order valence-corrected chi connectivity index (χ1v) is 17.2. The highest BCUT2D eigenvalue weighted by Gasteiger charge is 2.18. The average Bonchev–Trinajstić information content (AvgIpc) is 3.57.